The molecule has 0 aromatic heterocycles. The van der Waals surface area contributed by atoms with E-state index in [4.69, 9.17) is 9.84 Å². The second-order valence-electron chi connectivity index (χ2n) is 7.23. The molecule has 0 saturated heterocycles. The molecule has 0 spiro atoms. The van der Waals surface area contributed by atoms with Crippen molar-refractivity contribution in [3.63, 3.8) is 0 Å². The number of rotatable bonds is 7. The Morgan fingerprint density at radius 3 is 2.18 bits per heavy atom. The second-order valence-corrected chi connectivity index (χ2v) is 7.23. The molecule has 3 aromatic carbocycles. The number of hydrogen-bond acceptors (Lipinski definition) is 4. The summed E-state index contributed by atoms with van der Waals surface area (Å²) in [4.78, 5) is 36.0. The summed E-state index contributed by atoms with van der Waals surface area (Å²) in [7, 11) is 0. The van der Waals surface area contributed by atoms with Gasteiger partial charge in [0.1, 0.15) is 11.5 Å². The molecule has 3 aromatic rings. The van der Waals surface area contributed by atoms with Gasteiger partial charge < -0.3 is 15.2 Å². The van der Waals surface area contributed by atoms with E-state index in [1.54, 1.807) is 36.4 Å². The first kappa shape index (κ1) is 24.3. The summed E-state index contributed by atoms with van der Waals surface area (Å²) in [5.74, 6) is -0.612. The first-order valence-corrected chi connectivity index (χ1v) is 9.91. The van der Waals surface area contributed by atoms with Crippen LogP contribution >= 0.6 is 0 Å². The molecule has 0 atom stereocenters. The topological polar surface area (TPSA) is 105 Å². The van der Waals surface area contributed by atoms with Crippen molar-refractivity contribution in [2.24, 2.45) is 0 Å². The number of alkyl halides is 3. The average Bonchev–Trinajstić information content (AvgIpc) is 2.75. The van der Waals surface area contributed by atoms with Crippen molar-refractivity contribution >= 4 is 29.2 Å². The van der Waals surface area contributed by atoms with Crippen LogP contribution in [0.3, 0.4) is 0 Å². The predicted octanol–water partition coefficient (Wildman–Crippen LogP) is 6.11. The van der Waals surface area contributed by atoms with E-state index in [9.17, 15) is 27.6 Å². The number of halogens is 3. The zero-order valence-corrected chi connectivity index (χ0v) is 17.8. The van der Waals surface area contributed by atoms with Gasteiger partial charge in [0.05, 0.1) is 23.4 Å². The van der Waals surface area contributed by atoms with Gasteiger partial charge in [-0.15, -0.1) is 0 Å². The summed E-state index contributed by atoms with van der Waals surface area (Å²) < 4.78 is 45.5. The second kappa shape index (κ2) is 10.1. The molecule has 10 heteroatoms. The summed E-state index contributed by atoms with van der Waals surface area (Å²) in [6, 6.07) is 16.5. The van der Waals surface area contributed by atoms with Gasteiger partial charge in [-0.1, -0.05) is 30.3 Å². The molecular weight excluding hydrogens is 453 g/mol. The number of ether oxygens (including phenoxy) is 1. The van der Waals surface area contributed by atoms with Gasteiger partial charge in [-0.3, -0.25) is 14.9 Å². The summed E-state index contributed by atoms with van der Waals surface area (Å²) in [5, 5.41) is 13.1. The number of ketones is 1. The van der Waals surface area contributed by atoms with Gasteiger partial charge >= 0.3 is 12.3 Å². The van der Waals surface area contributed by atoms with E-state index in [0.717, 1.165) is 13.0 Å². The third-order valence-electron chi connectivity index (χ3n) is 4.64. The lowest BCUT2D eigenvalue weighted by atomic mass is 10.0. The van der Waals surface area contributed by atoms with Crippen molar-refractivity contribution in [1.82, 2.24) is 0 Å². The number of anilines is 2. The third kappa shape index (κ3) is 6.35. The zero-order chi connectivity index (χ0) is 24.9. The molecule has 0 aliphatic carbocycles. The van der Waals surface area contributed by atoms with Crippen LogP contribution in [0.15, 0.2) is 66.7 Å². The predicted molar refractivity (Wildman–Crippen MR) is 118 cm³/mol. The lowest BCUT2D eigenvalue weighted by Crippen LogP contribution is -2.20. The minimum Gasteiger partial charge on any atom is -0.465 e. The quantitative estimate of drug-likeness (QED) is 0.284. The van der Waals surface area contributed by atoms with Crippen molar-refractivity contribution in [2.45, 2.75) is 19.5 Å². The van der Waals surface area contributed by atoms with Crippen LogP contribution < -0.4 is 15.4 Å². The Labute approximate surface area is 192 Å². The number of para-hydroxylation sites is 1. The van der Waals surface area contributed by atoms with E-state index in [2.05, 4.69) is 5.32 Å². The molecule has 0 aliphatic heterocycles. The number of Topliss-reactive ketones (excluding diaryl/α,β-unsaturated/α-hetero) is 1. The first-order chi connectivity index (χ1) is 16.0. The summed E-state index contributed by atoms with van der Waals surface area (Å²) in [6.45, 7) is 1.16. The third-order valence-corrected chi connectivity index (χ3v) is 4.64. The Morgan fingerprint density at radius 1 is 0.882 bits per heavy atom. The molecule has 0 heterocycles. The van der Waals surface area contributed by atoms with Crippen molar-refractivity contribution in [2.75, 3.05) is 10.6 Å². The van der Waals surface area contributed by atoms with Crippen LogP contribution in [0.1, 0.15) is 27.9 Å². The number of carbonyl (C=O) groups is 3. The molecule has 0 radical (unpaired) electrons. The fraction of sp³-hybridized carbons (Fsp3) is 0.125. The number of aryl methyl sites for hydroxylation is 1. The highest BCUT2D eigenvalue weighted by Crippen LogP contribution is 2.37. The van der Waals surface area contributed by atoms with Gasteiger partial charge in [0.25, 0.3) is 0 Å². The SMILES string of the molecule is Cc1cc(NC(=O)O)c(NC(=O)CC(=O)c2cccc(Oc3ccccc3)c2)cc1C(F)(F)F. The smallest absolute Gasteiger partial charge is 0.416 e. The zero-order valence-electron chi connectivity index (χ0n) is 17.8. The summed E-state index contributed by atoms with van der Waals surface area (Å²) >= 11 is 0. The van der Waals surface area contributed by atoms with Gasteiger partial charge in [0, 0.05) is 5.56 Å². The van der Waals surface area contributed by atoms with Crippen LogP contribution in [0.2, 0.25) is 0 Å². The largest absolute Gasteiger partial charge is 0.465 e. The van der Waals surface area contributed by atoms with E-state index >= 15 is 0 Å². The van der Waals surface area contributed by atoms with E-state index in [0.29, 0.717) is 17.6 Å². The van der Waals surface area contributed by atoms with Gasteiger partial charge in [-0.25, -0.2) is 4.79 Å². The van der Waals surface area contributed by atoms with E-state index in [-0.39, 0.29) is 16.8 Å². The molecule has 0 unspecified atom stereocenters. The van der Waals surface area contributed by atoms with Gasteiger partial charge in [0.2, 0.25) is 5.91 Å². The molecule has 176 valence electrons. The number of hydrogen-bond donors (Lipinski definition) is 3. The van der Waals surface area contributed by atoms with Crippen LogP contribution in [-0.2, 0) is 11.0 Å². The number of nitrogens with one attached hydrogen (secondary N) is 2. The standard InChI is InChI=1S/C24H19F3N2O5/c1-14-10-19(29-23(32)33)20(12-18(14)24(25,26)27)28-22(31)13-21(30)15-6-5-9-17(11-15)34-16-7-3-2-4-8-16/h2-12,29H,13H2,1H3,(H,28,31)(H,32,33). The first-order valence-electron chi connectivity index (χ1n) is 9.91. The van der Waals surface area contributed by atoms with E-state index in [1.165, 1.54) is 12.1 Å². The molecule has 2 amide bonds. The monoisotopic (exact) mass is 472 g/mol. The highest BCUT2D eigenvalue weighted by molar-refractivity contribution is 6.12. The molecule has 0 aliphatic rings. The minimum absolute atomic E-state index is 0.160. The maximum absolute atomic E-state index is 13.3. The average molecular weight is 472 g/mol. The normalized spacial score (nSPS) is 10.9. The van der Waals surface area contributed by atoms with Crippen LogP contribution in [0.5, 0.6) is 11.5 Å². The Kier molecular flexibility index (Phi) is 7.20. The Morgan fingerprint density at radius 2 is 1.53 bits per heavy atom. The highest BCUT2D eigenvalue weighted by Gasteiger charge is 2.33. The molecule has 0 saturated carbocycles. The van der Waals surface area contributed by atoms with E-state index < -0.39 is 41.6 Å². The van der Waals surface area contributed by atoms with Gasteiger partial charge in [-0.2, -0.15) is 13.2 Å². The van der Waals surface area contributed by atoms with Crippen molar-refractivity contribution in [3.05, 3.63) is 83.4 Å². The highest BCUT2D eigenvalue weighted by atomic mass is 19.4. The molecule has 3 N–H and O–H groups in total. The molecule has 0 fully saturated rings. The van der Waals surface area contributed by atoms with Crippen LogP contribution in [0, 0.1) is 6.92 Å². The van der Waals surface area contributed by atoms with Crippen LogP contribution in [0.25, 0.3) is 0 Å². The molecule has 0 bridgehead atoms. The fourth-order valence-electron chi connectivity index (χ4n) is 3.14. The summed E-state index contributed by atoms with van der Waals surface area (Å²) in [6.07, 6.45) is -6.93. The van der Waals surface area contributed by atoms with Gasteiger partial charge in [-0.05, 0) is 48.9 Å². The van der Waals surface area contributed by atoms with Crippen molar-refractivity contribution in [1.29, 1.82) is 0 Å². The number of amides is 2. The molecule has 7 nitrogen and oxygen atoms in total. The lowest BCUT2D eigenvalue weighted by Gasteiger charge is -2.17. The Bertz CT molecular complexity index is 1230. The van der Waals surface area contributed by atoms with Crippen molar-refractivity contribution in [3.8, 4) is 11.5 Å². The lowest BCUT2D eigenvalue weighted by molar-refractivity contribution is -0.138. The van der Waals surface area contributed by atoms with E-state index in [1.807, 2.05) is 11.4 Å². The maximum atomic E-state index is 13.3. The van der Waals surface area contributed by atoms with Crippen LogP contribution in [-0.4, -0.2) is 22.9 Å². The maximum Gasteiger partial charge on any atom is 0.416 e. The minimum atomic E-state index is -4.72. The van der Waals surface area contributed by atoms with Gasteiger partial charge in [0.15, 0.2) is 5.78 Å². The Balaban J connectivity index is 1.77. The summed E-state index contributed by atoms with van der Waals surface area (Å²) in [5.41, 5.74) is -1.79. The van der Waals surface area contributed by atoms with Crippen LogP contribution in [0.4, 0.5) is 29.3 Å². The number of benzene rings is 3. The fourth-order valence-corrected chi connectivity index (χ4v) is 3.14. The molecule has 3 rings (SSSR count). The van der Waals surface area contributed by atoms with Crippen molar-refractivity contribution < 1.29 is 37.4 Å². The number of carbonyl (C=O) groups excluding carboxylic acids is 2. The number of carboxylic acid groups (broad SMARTS) is 1. The molecule has 34 heavy (non-hydrogen) atoms. The molecular formula is C24H19F3N2O5. The Hall–Kier alpha value is -4.34.